The number of carbonyl (C=O) groups excluding carboxylic acids is 4. The quantitative estimate of drug-likeness (QED) is 0.0895. The van der Waals surface area contributed by atoms with Crippen LogP contribution in [0.2, 0.25) is 0 Å². The lowest BCUT2D eigenvalue weighted by atomic mass is 10.1. The summed E-state index contributed by atoms with van der Waals surface area (Å²) < 4.78 is 35.0. The van der Waals surface area contributed by atoms with E-state index in [0.29, 0.717) is 37.9 Å². The van der Waals surface area contributed by atoms with Gasteiger partial charge >= 0.3 is 12.2 Å². The van der Waals surface area contributed by atoms with E-state index in [1.807, 2.05) is 18.2 Å². The van der Waals surface area contributed by atoms with E-state index in [4.69, 9.17) is 28.4 Å². The highest BCUT2D eigenvalue weighted by atomic mass is 33.1. The lowest BCUT2D eigenvalue weighted by molar-refractivity contribution is 0.0310. The van der Waals surface area contributed by atoms with Gasteiger partial charge < -0.3 is 48.4 Å². The summed E-state index contributed by atoms with van der Waals surface area (Å²) in [5.41, 5.74) is 1.20. The molecule has 19 heteroatoms. The van der Waals surface area contributed by atoms with Crippen LogP contribution in [0, 0.1) is 0 Å². The summed E-state index contributed by atoms with van der Waals surface area (Å²) >= 11 is 0. The number of aliphatic hydroxyl groups excluding tert-OH is 2. The van der Waals surface area contributed by atoms with Gasteiger partial charge in [0.15, 0.2) is 35.5 Å². The minimum atomic E-state index is -1.43. The fourth-order valence-corrected chi connectivity index (χ4v) is 9.86. The van der Waals surface area contributed by atoms with Gasteiger partial charge in [0.2, 0.25) is 0 Å². The Morgan fingerprint density at radius 1 is 0.754 bits per heavy atom. The molecule has 348 valence electrons. The molecule has 2 unspecified atom stereocenters. The second-order valence-corrected chi connectivity index (χ2v) is 19.4. The second-order valence-electron chi connectivity index (χ2n) is 16.9. The van der Waals surface area contributed by atoms with Gasteiger partial charge in [-0.2, -0.15) is 0 Å². The van der Waals surface area contributed by atoms with Gasteiger partial charge in [-0.1, -0.05) is 41.2 Å². The highest BCUT2D eigenvalue weighted by Gasteiger charge is 2.48. The van der Waals surface area contributed by atoms with Crippen molar-refractivity contribution < 1.29 is 57.8 Å². The summed E-state index contributed by atoms with van der Waals surface area (Å²) in [5.74, 6) is 0.760. The third-order valence-electron chi connectivity index (χ3n) is 11.1. The van der Waals surface area contributed by atoms with E-state index >= 15 is 0 Å². The molecule has 0 aliphatic carbocycles. The molecule has 0 spiro atoms. The van der Waals surface area contributed by atoms with E-state index in [9.17, 15) is 29.4 Å². The predicted molar refractivity (Wildman–Crippen MR) is 245 cm³/mol. The van der Waals surface area contributed by atoms with Crippen molar-refractivity contribution in [2.75, 3.05) is 62.7 Å². The first-order chi connectivity index (χ1) is 31.1. The molecule has 4 aliphatic heterocycles. The van der Waals surface area contributed by atoms with Gasteiger partial charge in [0.25, 0.3) is 11.8 Å². The number of fused-ring (bicyclic) bond motifs is 4. The van der Waals surface area contributed by atoms with Crippen LogP contribution >= 0.6 is 21.6 Å². The molecule has 17 nitrogen and oxygen atoms in total. The number of ether oxygens (including phenoxy) is 6. The van der Waals surface area contributed by atoms with Crippen molar-refractivity contribution in [1.82, 2.24) is 14.8 Å². The van der Waals surface area contributed by atoms with Crippen LogP contribution in [0.3, 0.4) is 0 Å². The molecule has 65 heavy (non-hydrogen) atoms. The van der Waals surface area contributed by atoms with Crippen molar-refractivity contribution in [3.63, 3.8) is 0 Å². The summed E-state index contributed by atoms with van der Waals surface area (Å²) in [7, 11) is 5.83. The van der Waals surface area contributed by atoms with Gasteiger partial charge in [-0.3, -0.25) is 9.59 Å². The molecule has 1 aromatic heterocycles. The Hall–Kier alpha value is -5.63. The number of aliphatic hydroxyl groups is 2. The Balaban J connectivity index is 1.01. The zero-order chi connectivity index (χ0) is 46.6. The topological polar surface area (TPSA) is 190 Å². The van der Waals surface area contributed by atoms with Crippen molar-refractivity contribution in [1.29, 1.82) is 0 Å². The number of anilines is 2. The fourth-order valence-electron chi connectivity index (χ4n) is 8.16. The molecule has 4 atom stereocenters. The summed E-state index contributed by atoms with van der Waals surface area (Å²) in [6.07, 6.45) is -0.342. The van der Waals surface area contributed by atoms with Gasteiger partial charge in [-0.15, -0.1) is 0 Å². The van der Waals surface area contributed by atoms with E-state index in [0.717, 1.165) is 26.0 Å². The Labute approximate surface area is 386 Å². The Bertz CT molecular complexity index is 2310. The number of benzene rings is 2. The number of aromatic nitrogens is 1. The Kier molecular flexibility index (Phi) is 14.8. The number of rotatable bonds is 15. The summed E-state index contributed by atoms with van der Waals surface area (Å²) in [6.45, 7) is 14.2. The lowest BCUT2D eigenvalue weighted by Gasteiger charge is -2.33. The number of unbranched alkanes of at least 4 members (excludes halogenated alkanes) is 2. The van der Waals surface area contributed by atoms with Gasteiger partial charge in [-0.05, 0) is 87.9 Å². The number of amides is 4. The molecule has 2 saturated heterocycles. The van der Waals surface area contributed by atoms with Crippen molar-refractivity contribution in [2.24, 2.45) is 0 Å². The van der Waals surface area contributed by atoms with E-state index in [1.54, 1.807) is 27.0 Å². The SMILES string of the molecule is C=C1CC2C(O)N(C(=O)OC(C)(C)C)c3cc(OCCCCCOc4cc5c(cc4OC)C(=O)N4CC(=C)C[C@H]4[C@H](O)N5C(=O)OCCSSc4ccccn4)c(OC)cc3C(=O)N2C1. The number of methoxy groups -OCH3 is 2. The molecule has 2 fully saturated rings. The van der Waals surface area contributed by atoms with Crippen molar-refractivity contribution >= 4 is 57.0 Å². The highest BCUT2D eigenvalue weighted by Crippen LogP contribution is 2.44. The predicted octanol–water partition coefficient (Wildman–Crippen LogP) is 7.06. The Morgan fingerprint density at radius 3 is 1.75 bits per heavy atom. The van der Waals surface area contributed by atoms with Crippen LogP contribution in [-0.2, 0) is 9.47 Å². The molecular weight excluding hydrogens is 879 g/mol. The molecule has 2 N–H and O–H groups in total. The van der Waals surface area contributed by atoms with Gasteiger partial charge in [0.05, 0.1) is 62.0 Å². The average Bonchev–Trinajstić information content (AvgIpc) is 3.83. The highest BCUT2D eigenvalue weighted by molar-refractivity contribution is 8.76. The largest absolute Gasteiger partial charge is 0.493 e. The van der Waals surface area contributed by atoms with Gasteiger partial charge in [0, 0.05) is 37.2 Å². The normalized spacial score (nSPS) is 20.4. The van der Waals surface area contributed by atoms with E-state index < -0.39 is 42.3 Å². The van der Waals surface area contributed by atoms with E-state index in [1.165, 1.54) is 69.9 Å². The van der Waals surface area contributed by atoms with Crippen LogP contribution in [-0.4, -0.2) is 132 Å². The molecule has 4 aliphatic rings. The molecule has 0 bridgehead atoms. The standard InChI is InChI=1S/C46H55N5O12S2/c1-27-19-33-42(54)50(44(56)62-17-18-64-65-39-13-9-10-14-47-39)31-23-37(35(58-6)21-29(31)40(52)48(33)25-27)60-15-11-8-12-16-61-38-24-32-30(22-36(38)59-7)41(53)49-26-28(2)20-34(49)43(55)51(32)45(57)63-46(3,4)5/h9-10,13-14,21-24,33-34,42-43,54-55H,1-2,8,11-12,15-20,25-26H2,3-7H3/t33-,34?,42-,43?/m0/s1. The third kappa shape index (κ3) is 10.4. The van der Waals surface area contributed by atoms with Crippen molar-refractivity contribution in [3.8, 4) is 23.0 Å². The third-order valence-corrected chi connectivity index (χ3v) is 13.4. The minimum Gasteiger partial charge on any atom is -0.493 e. The smallest absolute Gasteiger partial charge is 0.417 e. The molecule has 7 rings (SSSR count). The first-order valence-electron chi connectivity index (χ1n) is 21.3. The van der Waals surface area contributed by atoms with Crippen LogP contribution in [0.5, 0.6) is 23.0 Å². The van der Waals surface area contributed by atoms with Crippen LogP contribution in [0.15, 0.2) is 78.0 Å². The molecular formula is C46H55N5O12S2. The van der Waals surface area contributed by atoms with Crippen LogP contribution < -0.4 is 28.7 Å². The number of carbonyl (C=O) groups is 4. The monoisotopic (exact) mass is 933 g/mol. The van der Waals surface area contributed by atoms with Gasteiger partial charge in [0.1, 0.15) is 17.2 Å². The average molecular weight is 934 g/mol. The van der Waals surface area contributed by atoms with Crippen LogP contribution in [0.4, 0.5) is 21.0 Å². The lowest BCUT2D eigenvalue weighted by Crippen LogP contribution is -2.51. The molecule has 5 heterocycles. The molecule has 2 aromatic carbocycles. The summed E-state index contributed by atoms with van der Waals surface area (Å²) in [4.78, 5) is 64.8. The minimum absolute atomic E-state index is 0.0443. The second kappa shape index (κ2) is 20.3. The first-order valence-corrected chi connectivity index (χ1v) is 23.6. The zero-order valence-electron chi connectivity index (χ0n) is 37.2. The number of hydrogen-bond donors (Lipinski definition) is 2. The molecule has 0 radical (unpaired) electrons. The zero-order valence-corrected chi connectivity index (χ0v) is 38.8. The van der Waals surface area contributed by atoms with Crippen LogP contribution in [0.1, 0.15) is 73.6 Å². The number of pyridine rings is 1. The molecule has 0 saturated carbocycles. The molecule has 3 aromatic rings. The summed E-state index contributed by atoms with van der Waals surface area (Å²) in [6, 6.07) is 10.2. The number of hydrogen-bond acceptors (Lipinski definition) is 15. The first kappa shape index (κ1) is 47.3. The fraction of sp³-hybridized carbons (Fsp3) is 0.457. The van der Waals surface area contributed by atoms with Crippen molar-refractivity contribution in [3.05, 3.63) is 84.1 Å². The number of nitrogens with zero attached hydrogens (tertiary/aromatic N) is 5. The Morgan fingerprint density at radius 2 is 1.28 bits per heavy atom. The van der Waals surface area contributed by atoms with Gasteiger partial charge in [-0.25, -0.2) is 24.4 Å². The summed E-state index contributed by atoms with van der Waals surface area (Å²) in [5, 5.41) is 24.1. The maximum absolute atomic E-state index is 14.0. The molecule has 4 amide bonds. The van der Waals surface area contributed by atoms with E-state index in [2.05, 4.69) is 18.1 Å². The maximum atomic E-state index is 14.0. The van der Waals surface area contributed by atoms with Crippen molar-refractivity contribution in [2.45, 2.75) is 88.0 Å². The maximum Gasteiger partial charge on any atom is 0.417 e. The van der Waals surface area contributed by atoms with E-state index in [-0.39, 0.29) is 90.2 Å². The van der Waals surface area contributed by atoms with Crippen LogP contribution in [0.25, 0.3) is 0 Å².